The monoisotopic (exact) mass is 397 g/mol. The van der Waals surface area contributed by atoms with E-state index in [9.17, 15) is 5.11 Å². The summed E-state index contributed by atoms with van der Waals surface area (Å²) in [7, 11) is 0. The Labute approximate surface area is 175 Å². The first-order chi connectivity index (χ1) is 14.1. The zero-order chi connectivity index (χ0) is 20.6. The lowest BCUT2D eigenvalue weighted by Gasteiger charge is -2.18. The summed E-state index contributed by atoms with van der Waals surface area (Å²) < 4.78 is 12.1. The van der Waals surface area contributed by atoms with Crippen molar-refractivity contribution in [2.45, 2.75) is 52.6 Å². The first-order valence-electron chi connectivity index (χ1n) is 11.0. The minimum absolute atomic E-state index is 0.153. The molecule has 0 radical (unpaired) electrons. The molecule has 1 heterocycles. The van der Waals surface area contributed by atoms with Gasteiger partial charge in [0.15, 0.2) is 0 Å². The fourth-order valence-corrected chi connectivity index (χ4v) is 3.94. The van der Waals surface area contributed by atoms with Crippen LogP contribution in [0.4, 0.5) is 0 Å². The summed E-state index contributed by atoms with van der Waals surface area (Å²) in [4.78, 5) is 2.31. The third-order valence-corrected chi connectivity index (χ3v) is 5.74. The van der Waals surface area contributed by atoms with Gasteiger partial charge in [0.1, 0.15) is 11.5 Å². The molecule has 158 valence electrons. The van der Waals surface area contributed by atoms with Crippen LogP contribution >= 0.6 is 0 Å². The number of aliphatic hydroxyl groups is 1. The second-order valence-electron chi connectivity index (χ2n) is 8.00. The van der Waals surface area contributed by atoms with Gasteiger partial charge in [-0.25, -0.2) is 0 Å². The molecule has 0 saturated carbocycles. The van der Waals surface area contributed by atoms with Gasteiger partial charge < -0.3 is 19.5 Å². The Hall–Kier alpha value is -2.04. The lowest BCUT2D eigenvalue weighted by Crippen LogP contribution is -2.24. The molecule has 0 spiro atoms. The summed E-state index contributed by atoms with van der Waals surface area (Å²) in [6.07, 6.45) is 3.91. The van der Waals surface area contributed by atoms with E-state index in [4.69, 9.17) is 9.47 Å². The minimum Gasteiger partial charge on any atom is -0.493 e. The lowest BCUT2D eigenvalue weighted by molar-refractivity contribution is 0.173. The van der Waals surface area contributed by atoms with Crippen LogP contribution in [0.15, 0.2) is 36.4 Å². The topological polar surface area (TPSA) is 41.9 Å². The number of rotatable bonds is 10. The number of unbranched alkanes of at least 4 members (excludes halogenated alkanes) is 1. The van der Waals surface area contributed by atoms with Crippen LogP contribution in [0.3, 0.4) is 0 Å². The van der Waals surface area contributed by atoms with Crippen molar-refractivity contribution in [2.24, 2.45) is 0 Å². The third kappa shape index (κ3) is 5.74. The van der Waals surface area contributed by atoms with Gasteiger partial charge in [0.25, 0.3) is 0 Å². The van der Waals surface area contributed by atoms with Crippen LogP contribution in [-0.4, -0.2) is 49.0 Å². The van der Waals surface area contributed by atoms with Crippen LogP contribution in [0.1, 0.15) is 43.7 Å². The minimum atomic E-state index is -0.153. The molecule has 3 rings (SSSR count). The Morgan fingerprint density at radius 3 is 2.03 bits per heavy atom. The van der Waals surface area contributed by atoms with E-state index in [1.165, 1.54) is 16.7 Å². The van der Waals surface area contributed by atoms with Crippen molar-refractivity contribution < 1.29 is 14.6 Å². The quantitative estimate of drug-likeness (QED) is 0.574. The molecule has 0 amide bonds. The van der Waals surface area contributed by atoms with E-state index in [1.54, 1.807) is 0 Å². The van der Waals surface area contributed by atoms with E-state index in [0.29, 0.717) is 6.61 Å². The number of hydrogen-bond donors (Lipinski definition) is 1. The molecule has 1 aliphatic heterocycles. The number of β-amino-alcohol motifs (C(OH)–C–C–N with tert-alkyl or cyclic N) is 1. The van der Waals surface area contributed by atoms with Crippen molar-refractivity contribution >= 4 is 0 Å². The van der Waals surface area contributed by atoms with Crippen LogP contribution in [0.25, 0.3) is 11.1 Å². The SMILES string of the molecule is CCCCOc1cccc(-c2cccc(OCCCN3CC[C@@H](O)C3)c2C)c1C. The highest BCUT2D eigenvalue weighted by Gasteiger charge is 2.19. The summed E-state index contributed by atoms with van der Waals surface area (Å²) in [5, 5.41) is 9.63. The zero-order valence-corrected chi connectivity index (χ0v) is 18.1. The second-order valence-corrected chi connectivity index (χ2v) is 8.00. The Morgan fingerprint density at radius 2 is 1.52 bits per heavy atom. The fourth-order valence-electron chi connectivity index (χ4n) is 3.94. The van der Waals surface area contributed by atoms with Crippen LogP contribution in [0.2, 0.25) is 0 Å². The number of nitrogens with zero attached hydrogens (tertiary/aromatic N) is 1. The normalized spacial score (nSPS) is 16.9. The van der Waals surface area contributed by atoms with Gasteiger partial charge in [-0.3, -0.25) is 0 Å². The van der Waals surface area contributed by atoms with Gasteiger partial charge in [-0.15, -0.1) is 0 Å². The van der Waals surface area contributed by atoms with Gasteiger partial charge in [-0.1, -0.05) is 37.6 Å². The number of benzene rings is 2. The molecule has 1 saturated heterocycles. The van der Waals surface area contributed by atoms with Crippen LogP contribution in [-0.2, 0) is 0 Å². The summed E-state index contributed by atoms with van der Waals surface area (Å²) in [6, 6.07) is 12.6. The zero-order valence-electron chi connectivity index (χ0n) is 18.1. The predicted molar refractivity (Wildman–Crippen MR) is 119 cm³/mol. The molecule has 29 heavy (non-hydrogen) atoms. The second kappa shape index (κ2) is 10.7. The first kappa shape index (κ1) is 21.7. The highest BCUT2D eigenvalue weighted by atomic mass is 16.5. The molecule has 0 unspecified atom stereocenters. The fraction of sp³-hybridized carbons (Fsp3) is 0.520. The maximum absolute atomic E-state index is 9.63. The summed E-state index contributed by atoms with van der Waals surface area (Å²) in [5.41, 5.74) is 4.74. The molecule has 1 aliphatic rings. The van der Waals surface area contributed by atoms with Gasteiger partial charge in [0, 0.05) is 19.6 Å². The highest BCUT2D eigenvalue weighted by molar-refractivity contribution is 5.74. The number of hydrogen-bond acceptors (Lipinski definition) is 4. The molecule has 2 aromatic carbocycles. The molecule has 0 aromatic heterocycles. The van der Waals surface area contributed by atoms with E-state index in [1.807, 2.05) is 0 Å². The highest BCUT2D eigenvalue weighted by Crippen LogP contribution is 2.35. The number of likely N-dealkylation sites (tertiary alicyclic amines) is 1. The van der Waals surface area contributed by atoms with Gasteiger partial charge in [-0.05, 0) is 67.5 Å². The van der Waals surface area contributed by atoms with Crippen LogP contribution in [0.5, 0.6) is 11.5 Å². The number of ether oxygens (including phenoxy) is 2. The van der Waals surface area contributed by atoms with Crippen LogP contribution in [0, 0.1) is 13.8 Å². The van der Waals surface area contributed by atoms with Crippen molar-refractivity contribution in [3.05, 3.63) is 47.5 Å². The molecule has 4 heteroatoms. The van der Waals surface area contributed by atoms with E-state index in [2.05, 4.69) is 62.1 Å². The summed E-state index contributed by atoms with van der Waals surface area (Å²) in [6.45, 7) is 10.7. The van der Waals surface area contributed by atoms with E-state index < -0.39 is 0 Å². The van der Waals surface area contributed by atoms with Gasteiger partial charge in [0.2, 0.25) is 0 Å². The maximum atomic E-state index is 9.63. The Bertz CT molecular complexity index is 790. The summed E-state index contributed by atoms with van der Waals surface area (Å²) >= 11 is 0. The van der Waals surface area contributed by atoms with E-state index in [-0.39, 0.29) is 6.10 Å². The third-order valence-electron chi connectivity index (χ3n) is 5.74. The van der Waals surface area contributed by atoms with Gasteiger partial charge in [-0.2, -0.15) is 0 Å². The van der Waals surface area contributed by atoms with Gasteiger partial charge in [0.05, 0.1) is 19.3 Å². The smallest absolute Gasteiger partial charge is 0.122 e. The van der Waals surface area contributed by atoms with Crippen molar-refractivity contribution in [2.75, 3.05) is 32.8 Å². The molecule has 1 N–H and O–H groups in total. The first-order valence-corrected chi connectivity index (χ1v) is 11.0. The molecule has 1 atom stereocenters. The molecule has 2 aromatic rings. The van der Waals surface area contributed by atoms with Crippen molar-refractivity contribution in [1.29, 1.82) is 0 Å². The number of aliphatic hydroxyl groups excluding tert-OH is 1. The lowest BCUT2D eigenvalue weighted by atomic mass is 9.95. The molecule has 0 aliphatic carbocycles. The predicted octanol–water partition coefficient (Wildman–Crippen LogP) is 4.98. The standard InChI is InChI=1S/C25H35NO3/c1-4-5-16-28-24-11-6-9-22(19(24)2)23-10-7-12-25(20(23)3)29-17-8-14-26-15-13-21(27)18-26/h6-7,9-12,21,27H,4-5,8,13-18H2,1-3H3/t21-/m1/s1. The Kier molecular flexibility index (Phi) is 7.96. The largest absolute Gasteiger partial charge is 0.493 e. The van der Waals surface area contributed by atoms with E-state index >= 15 is 0 Å². The van der Waals surface area contributed by atoms with E-state index in [0.717, 1.165) is 69.0 Å². The molecule has 1 fully saturated rings. The summed E-state index contributed by atoms with van der Waals surface area (Å²) in [5.74, 6) is 1.91. The Balaban J connectivity index is 1.64. The molecular formula is C25H35NO3. The van der Waals surface area contributed by atoms with Crippen LogP contribution < -0.4 is 9.47 Å². The Morgan fingerprint density at radius 1 is 0.931 bits per heavy atom. The van der Waals surface area contributed by atoms with Crippen molar-refractivity contribution in [3.63, 3.8) is 0 Å². The molecular weight excluding hydrogens is 362 g/mol. The van der Waals surface area contributed by atoms with Gasteiger partial charge >= 0.3 is 0 Å². The molecule has 0 bridgehead atoms. The van der Waals surface area contributed by atoms with Crippen molar-refractivity contribution in [3.8, 4) is 22.6 Å². The average molecular weight is 398 g/mol. The molecule has 4 nitrogen and oxygen atoms in total. The van der Waals surface area contributed by atoms with Crippen molar-refractivity contribution in [1.82, 2.24) is 4.90 Å². The maximum Gasteiger partial charge on any atom is 0.122 e. The average Bonchev–Trinajstić information content (AvgIpc) is 3.13.